The molecule has 0 amide bonds. The van der Waals surface area contributed by atoms with E-state index in [1.165, 1.54) is 25.1 Å². The summed E-state index contributed by atoms with van der Waals surface area (Å²) < 4.78 is 45.9. The van der Waals surface area contributed by atoms with Crippen LogP contribution in [0.15, 0.2) is 36.7 Å². The zero-order valence-electron chi connectivity index (χ0n) is 17.9. The first-order valence-electron chi connectivity index (χ1n) is 11.1. The van der Waals surface area contributed by atoms with Crippen LogP contribution in [0.5, 0.6) is 0 Å². The third kappa shape index (κ3) is 4.79. The number of nitriles is 1. The Morgan fingerprint density at radius 1 is 1.16 bits per heavy atom. The fourth-order valence-electron chi connectivity index (χ4n) is 5.27. The zero-order valence-corrected chi connectivity index (χ0v) is 17.9. The summed E-state index contributed by atoms with van der Waals surface area (Å²) in [6, 6.07) is 8.52. The lowest BCUT2D eigenvalue weighted by Gasteiger charge is -2.46. The van der Waals surface area contributed by atoms with E-state index in [1.54, 1.807) is 0 Å². The number of rotatable bonds is 6. The van der Waals surface area contributed by atoms with Gasteiger partial charge in [0, 0.05) is 36.7 Å². The summed E-state index contributed by atoms with van der Waals surface area (Å²) in [7, 11) is 0. The molecule has 170 valence electrons. The Labute approximate surface area is 186 Å². The molecule has 1 spiro atoms. The van der Waals surface area contributed by atoms with Gasteiger partial charge in [0.25, 0.3) is 0 Å². The molecule has 0 aromatic carbocycles. The molecule has 1 saturated carbocycles. The van der Waals surface area contributed by atoms with Crippen molar-refractivity contribution in [3.05, 3.63) is 59.2 Å². The maximum absolute atomic E-state index is 13.2. The molecular formula is C24H27F3N4O. The van der Waals surface area contributed by atoms with Crippen molar-refractivity contribution < 1.29 is 17.9 Å². The minimum absolute atomic E-state index is 0.0750. The van der Waals surface area contributed by atoms with E-state index in [4.69, 9.17) is 10.00 Å². The van der Waals surface area contributed by atoms with Gasteiger partial charge >= 0.3 is 6.18 Å². The predicted octanol–water partition coefficient (Wildman–Crippen LogP) is 4.91. The fourth-order valence-corrected chi connectivity index (χ4v) is 5.27. The number of ether oxygens (including phenoxy) is 1. The van der Waals surface area contributed by atoms with Gasteiger partial charge in [0.2, 0.25) is 0 Å². The Balaban J connectivity index is 1.45. The van der Waals surface area contributed by atoms with E-state index in [1.807, 2.05) is 18.3 Å². The molecule has 2 aliphatic rings. The van der Waals surface area contributed by atoms with Crippen LogP contribution in [0.2, 0.25) is 0 Å². The van der Waals surface area contributed by atoms with Gasteiger partial charge in [0.1, 0.15) is 6.07 Å². The summed E-state index contributed by atoms with van der Waals surface area (Å²) in [4.78, 5) is 8.37. The molecule has 2 fully saturated rings. The first-order valence-corrected chi connectivity index (χ1v) is 11.1. The van der Waals surface area contributed by atoms with E-state index < -0.39 is 17.4 Å². The minimum atomic E-state index is -4.60. The lowest BCUT2D eigenvalue weighted by atomic mass is 9.68. The summed E-state index contributed by atoms with van der Waals surface area (Å²) >= 11 is 0. The lowest BCUT2D eigenvalue weighted by Crippen LogP contribution is -2.47. The van der Waals surface area contributed by atoms with Crippen molar-refractivity contribution in [2.24, 2.45) is 0 Å². The van der Waals surface area contributed by atoms with Crippen molar-refractivity contribution in [1.29, 1.82) is 5.26 Å². The van der Waals surface area contributed by atoms with Gasteiger partial charge in [0.05, 0.1) is 11.2 Å². The van der Waals surface area contributed by atoms with E-state index >= 15 is 0 Å². The van der Waals surface area contributed by atoms with Gasteiger partial charge < -0.3 is 10.1 Å². The zero-order chi connectivity index (χ0) is 22.7. The largest absolute Gasteiger partial charge is 0.419 e. The molecular weight excluding hydrogens is 417 g/mol. The molecule has 1 aliphatic heterocycles. The van der Waals surface area contributed by atoms with Gasteiger partial charge in [0.15, 0.2) is 5.69 Å². The summed E-state index contributed by atoms with van der Waals surface area (Å²) in [5.41, 5.74) is -0.305. The van der Waals surface area contributed by atoms with Crippen LogP contribution in [-0.4, -0.2) is 28.7 Å². The molecule has 3 heterocycles. The molecule has 32 heavy (non-hydrogen) atoms. The molecule has 0 radical (unpaired) electrons. The monoisotopic (exact) mass is 444 g/mol. The molecule has 0 bridgehead atoms. The van der Waals surface area contributed by atoms with Crippen LogP contribution < -0.4 is 5.32 Å². The smallest absolute Gasteiger partial charge is 0.375 e. The highest BCUT2D eigenvalue weighted by Crippen LogP contribution is 2.49. The van der Waals surface area contributed by atoms with Crippen LogP contribution in [-0.2, 0) is 22.9 Å². The molecule has 1 saturated heterocycles. The Hall–Kier alpha value is -2.50. The van der Waals surface area contributed by atoms with Crippen LogP contribution in [0.25, 0.3) is 0 Å². The number of nitrogens with zero attached hydrogens (tertiary/aromatic N) is 3. The third-order valence-electron chi connectivity index (χ3n) is 6.84. The number of pyridine rings is 2. The van der Waals surface area contributed by atoms with Crippen LogP contribution in [0.3, 0.4) is 0 Å². The van der Waals surface area contributed by atoms with Gasteiger partial charge in [-0.3, -0.25) is 4.98 Å². The molecule has 8 heteroatoms. The maximum Gasteiger partial charge on any atom is 0.419 e. The van der Waals surface area contributed by atoms with Gasteiger partial charge in [-0.25, -0.2) is 4.98 Å². The number of hydrogen-bond donors (Lipinski definition) is 1. The van der Waals surface area contributed by atoms with E-state index in [0.717, 1.165) is 43.9 Å². The predicted molar refractivity (Wildman–Crippen MR) is 113 cm³/mol. The Kier molecular flexibility index (Phi) is 6.50. The quantitative estimate of drug-likeness (QED) is 0.641. The van der Waals surface area contributed by atoms with Crippen LogP contribution in [0.4, 0.5) is 13.2 Å². The minimum Gasteiger partial charge on any atom is -0.375 e. The molecule has 2 aromatic heterocycles. The van der Waals surface area contributed by atoms with E-state index in [-0.39, 0.29) is 17.6 Å². The standard InChI is InChI=1S/C24H27F3N4O/c25-24(26,27)19-13-18(16-31-20(19)14-28)15-29-11-8-22(21-5-1-4-10-30-21)9-12-32-23(17-22)6-2-3-7-23/h1,4-5,10,13,16,29H,2-3,6-9,11-12,15,17H2/t22-/m1/s1. The second-order valence-corrected chi connectivity index (χ2v) is 8.94. The molecule has 4 rings (SSSR count). The highest BCUT2D eigenvalue weighted by Gasteiger charge is 2.48. The van der Waals surface area contributed by atoms with Crippen molar-refractivity contribution in [3.63, 3.8) is 0 Å². The first-order chi connectivity index (χ1) is 15.4. The molecule has 5 nitrogen and oxygen atoms in total. The van der Waals surface area contributed by atoms with Crippen LogP contribution >= 0.6 is 0 Å². The summed E-state index contributed by atoms with van der Waals surface area (Å²) in [5.74, 6) is 0. The van der Waals surface area contributed by atoms with Crippen molar-refractivity contribution in [2.75, 3.05) is 13.2 Å². The lowest BCUT2D eigenvalue weighted by molar-refractivity contribution is -0.138. The number of hydrogen-bond acceptors (Lipinski definition) is 5. The first kappa shape index (κ1) is 22.7. The fraction of sp³-hybridized carbons (Fsp3) is 0.542. The average Bonchev–Trinajstić information content (AvgIpc) is 3.24. The number of halogens is 3. The number of alkyl halides is 3. The second-order valence-electron chi connectivity index (χ2n) is 8.94. The summed E-state index contributed by atoms with van der Waals surface area (Å²) in [6.45, 7) is 1.58. The van der Waals surface area contributed by atoms with E-state index in [2.05, 4.69) is 21.4 Å². The van der Waals surface area contributed by atoms with E-state index in [0.29, 0.717) is 18.7 Å². The molecule has 2 aromatic rings. The van der Waals surface area contributed by atoms with Crippen molar-refractivity contribution in [1.82, 2.24) is 15.3 Å². The summed E-state index contributed by atoms with van der Waals surface area (Å²) in [6.07, 6.45) is 5.70. The third-order valence-corrected chi connectivity index (χ3v) is 6.84. The average molecular weight is 445 g/mol. The Morgan fingerprint density at radius 2 is 1.97 bits per heavy atom. The van der Waals surface area contributed by atoms with Gasteiger partial charge in [-0.05, 0) is 62.4 Å². The topological polar surface area (TPSA) is 70.8 Å². The van der Waals surface area contributed by atoms with Gasteiger partial charge in [-0.1, -0.05) is 18.9 Å². The Morgan fingerprint density at radius 3 is 2.66 bits per heavy atom. The second kappa shape index (κ2) is 9.16. The van der Waals surface area contributed by atoms with Gasteiger partial charge in [-0.2, -0.15) is 18.4 Å². The van der Waals surface area contributed by atoms with Crippen LogP contribution in [0, 0.1) is 11.3 Å². The number of nitrogens with one attached hydrogen (secondary N) is 1. The van der Waals surface area contributed by atoms with Crippen molar-refractivity contribution in [3.8, 4) is 6.07 Å². The van der Waals surface area contributed by atoms with Gasteiger partial charge in [-0.15, -0.1) is 0 Å². The highest BCUT2D eigenvalue weighted by atomic mass is 19.4. The highest BCUT2D eigenvalue weighted by molar-refractivity contribution is 5.35. The SMILES string of the molecule is N#Cc1ncc(CNCC[C@@]2(c3ccccn3)CCOC3(CCCC3)C2)cc1C(F)(F)F. The maximum atomic E-state index is 13.2. The normalized spacial score (nSPS) is 22.7. The van der Waals surface area contributed by atoms with Crippen molar-refractivity contribution in [2.45, 2.75) is 68.7 Å². The molecule has 1 aliphatic carbocycles. The summed E-state index contributed by atoms with van der Waals surface area (Å²) in [5, 5.41) is 12.2. The van der Waals surface area contributed by atoms with Crippen molar-refractivity contribution >= 4 is 0 Å². The molecule has 1 atom stereocenters. The molecule has 0 unspecified atom stereocenters. The van der Waals surface area contributed by atoms with E-state index in [9.17, 15) is 13.2 Å². The van der Waals surface area contributed by atoms with Crippen LogP contribution in [0.1, 0.15) is 67.5 Å². The number of aromatic nitrogens is 2. The Bertz CT molecular complexity index is 967. The molecule has 1 N–H and O–H groups in total.